The number of para-hydroxylation sites is 1. The third-order valence-electron chi connectivity index (χ3n) is 6.73. The van der Waals surface area contributed by atoms with Crippen LogP contribution in [-0.2, 0) is 19.1 Å². The van der Waals surface area contributed by atoms with E-state index in [0.717, 1.165) is 0 Å². The molecule has 2 aromatic carbocycles. The summed E-state index contributed by atoms with van der Waals surface area (Å²) in [5.41, 5.74) is -0.167. The molecule has 0 aromatic heterocycles. The van der Waals surface area contributed by atoms with Gasteiger partial charge in [-0.05, 0) is 31.5 Å². The smallest absolute Gasteiger partial charge is 0.327 e. The number of nitrogens with one attached hydrogen (secondary N) is 1. The number of anilines is 1. The highest BCUT2D eigenvalue weighted by molar-refractivity contribution is 6.24. The zero-order chi connectivity index (χ0) is 24.5. The second kappa shape index (κ2) is 9.46. The van der Waals surface area contributed by atoms with Gasteiger partial charge in [-0.15, -0.1) is 0 Å². The minimum Gasteiger partial charge on any atom is -0.497 e. The summed E-state index contributed by atoms with van der Waals surface area (Å²) in [6.45, 7) is 3.84. The van der Waals surface area contributed by atoms with E-state index in [0.29, 0.717) is 35.6 Å². The van der Waals surface area contributed by atoms with Gasteiger partial charge in [0.05, 0.1) is 38.3 Å². The standard InChI is InChI=1S/C26H30N2O6/c1-5-14-26(25(31)34-6-2)21-20(23(29)28(24(21)30)16-10-8-7-9-11-16)22(27-26)18-13-12-17(32-3)15-19(18)33-4/h7-13,15,20-22,27H,5-6,14H2,1-4H3/t20-,21+,22+,26-/m0/s1. The minimum atomic E-state index is -1.33. The van der Waals surface area contributed by atoms with E-state index < -0.39 is 35.3 Å². The molecule has 0 saturated carbocycles. The molecule has 34 heavy (non-hydrogen) atoms. The molecule has 180 valence electrons. The van der Waals surface area contributed by atoms with Gasteiger partial charge in [-0.3, -0.25) is 19.7 Å². The zero-order valence-electron chi connectivity index (χ0n) is 19.9. The van der Waals surface area contributed by atoms with Crippen LogP contribution in [0.4, 0.5) is 5.69 Å². The summed E-state index contributed by atoms with van der Waals surface area (Å²) in [6, 6.07) is 13.5. The van der Waals surface area contributed by atoms with Crippen molar-refractivity contribution in [2.45, 2.75) is 38.3 Å². The normalized spacial score (nSPS) is 25.9. The number of amides is 2. The lowest BCUT2D eigenvalue weighted by molar-refractivity contribution is -0.155. The van der Waals surface area contributed by atoms with Crippen molar-refractivity contribution < 1.29 is 28.6 Å². The summed E-state index contributed by atoms with van der Waals surface area (Å²) in [5.74, 6) is -1.87. The van der Waals surface area contributed by atoms with Crippen LogP contribution in [0, 0.1) is 11.8 Å². The van der Waals surface area contributed by atoms with Gasteiger partial charge >= 0.3 is 5.97 Å². The Morgan fingerprint density at radius 1 is 1.03 bits per heavy atom. The van der Waals surface area contributed by atoms with E-state index in [-0.39, 0.29) is 12.5 Å². The predicted molar refractivity (Wildman–Crippen MR) is 126 cm³/mol. The summed E-state index contributed by atoms with van der Waals surface area (Å²) in [4.78, 5) is 42.3. The Morgan fingerprint density at radius 2 is 1.76 bits per heavy atom. The highest BCUT2D eigenvalue weighted by Gasteiger charge is 2.68. The Kier molecular flexibility index (Phi) is 6.61. The van der Waals surface area contributed by atoms with Gasteiger partial charge in [0.15, 0.2) is 0 Å². The van der Waals surface area contributed by atoms with E-state index in [4.69, 9.17) is 14.2 Å². The van der Waals surface area contributed by atoms with Crippen LogP contribution in [0.3, 0.4) is 0 Å². The van der Waals surface area contributed by atoms with Crippen molar-refractivity contribution >= 4 is 23.5 Å². The lowest BCUT2D eigenvalue weighted by Crippen LogP contribution is -2.56. The molecule has 2 aliphatic rings. The fourth-order valence-corrected chi connectivity index (χ4v) is 5.35. The lowest BCUT2D eigenvalue weighted by Gasteiger charge is -2.32. The van der Waals surface area contributed by atoms with Crippen molar-refractivity contribution in [3.63, 3.8) is 0 Å². The van der Waals surface area contributed by atoms with Gasteiger partial charge in [-0.25, -0.2) is 4.90 Å². The van der Waals surface area contributed by atoms with Crippen LogP contribution >= 0.6 is 0 Å². The molecule has 2 aliphatic heterocycles. The van der Waals surface area contributed by atoms with Crippen molar-refractivity contribution in [1.82, 2.24) is 5.32 Å². The molecule has 2 aromatic rings. The van der Waals surface area contributed by atoms with E-state index in [1.807, 2.05) is 19.1 Å². The summed E-state index contributed by atoms with van der Waals surface area (Å²) in [5, 5.41) is 3.39. The number of carbonyl (C=O) groups is 3. The maximum Gasteiger partial charge on any atom is 0.327 e. The molecule has 1 N–H and O–H groups in total. The molecule has 2 amide bonds. The van der Waals surface area contributed by atoms with Gasteiger partial charge in [0.1, 0.15) is 17.0 Å². The molecule has 8 heteroatoms. The maximum absolute atomic E-state index is 13.8. The van der Waals surface area contributed by atoms with Crippen LogP contribution in [0.25, 0.3) is 0 Å². The number of fused-ring (bicyclic) bond motifs is 1. The van der Waals surface area contributed by atoms with Gasteiger partial charge < -0.3 is 14.2 Å². The van der Waals surface area contributed by atoms with Gasteiger partial charge in [0.25, 0.3) is 0 Å². The Bertz CT molecular complexity index is 1090. The number of carbonyl (C=O) groups excluding carboxylic acids is 3. The molecule has 8 nitrogen and oxygen atoms in total. The largest absolute Gasteiger partial charge is 0.497 e. The van der Waals surface area contributed by atoms with Crippen molar-refractivity contribution in [2.75, 3.05) is 25.7 Å². The third kappa shape index (κ3) is 3.62. The highest BCUT2D eigenvalue weighted by atomic mass is 16.5. The molecule has 0 bridgehead atoms. The number of benzene rings is 2. The van der Waals surface area contributed by atoms with Gasteiger partial charge in [-0.1, -0.05) is 37.6 Å². The van der Waals surface area contributed by atoms with Gasteiger partial charge in [0.2, 0.25) is 11.8 Å². The Morgan fingerprint density at radius 3 is 2.38 bits per heavy atom. The van der Waals surface area contributed by atoms with Crippen molar-refractivity contribution in [3.8, 4) is 11.5 Å². The van der Waals surface area contributed by atoms with Crippen LogP contribution in [0.1, 0.15) is 38.3 Å². The first kappa shape index (κ1) is 23.8. The van der Waals surface area contributed by atoms with Crippen LogP contribution in [-0.4, -0.2) is 44.1 Å². The first-order valence-corrected chi connectivity index (χ1v) is 11.5. The number of esters is 1. The average Bonchev–Trinajstić information content (AvgIpc) is 3.33. The van der Waals surface area contributed by atoms with Crippen molar-refractivity contribution in [2.24, 2.45) is 11.8 Å². The van der Waals surface area contributed by atoms with Crippen molar-refractivity contribution in [1.29, 1.82) is 0 Å². The number of hydrogen-bond acceptors (Lipinski definition) is 7. The van der Waals surface area contributed by atoms with Crippen LogP contribution in [0.2, 0.25) is 0 Å². The molecule has 0 aliphatic carbocycles. The second-order valence-electron chi connectivity index (χ2n) is 8.52. The molecular formula is C26H30N2O6. The van der Waals surface area contributed by atoms with Crippen LogP contribution < -0.4 is 19.7 Å². The number of ether oxygens (including phenoxy) is 3. The zero-order valence-corrected chi connectivity index (χ0v) is 19.9. The molecule has 0 radical (unpaired) electrons. The quantitative estimate of drug-likeness (QED) is 0.471. The minimum absolute atomic E-state index is 0.171. The molecule has 2 fully saturated rings. The first-order valence-electron chi connectivity index (χ1n) is 11.5. The summed E-state index contributed by atoms with van der Waals surface area (Å²) in [6.07, 6.45) is 0.970. The molecule has 4 atom stereocenters. The van der Waals surface area contributed by atoms with E-state index in [2.05, 4.69) is 5.32 Å². The number of methoxy groups -OCH3 is 2. The second-order valence-corrected chi connectivity index (χ2v) is 8.52. The summed E-state index contributed by atoms with van der Waals surface area (Å²) >= 11 is 0. The fourth-order valence-electron chi connectivity index (χ4n) is 5.35. The Balaban J connectivity index is 1.89. The van der Waals surface area contributed by atoms with Gasteiger partial charge in [-0.2, -0.15) is 0 Å². The Hall–Kier alpha value is -3.39. The monoisotopic (exact) mass is 466 g/mol. The molecular weight excluding hydrogens is 436 g/mol. The topological polar surface area (TPSA) is 94.2 Å². The van der Waals surface area contributed by atoms with E-state index in [1.165, 1.54) is 12.0 Å². The third-order valence-corrected chi connectivity index (χ3v) is 6.73. The number of hydrogen-bond donors (Lipinski definition) is 1. The Labute approximate surface area is 199 Å². The van der Waals surface area contributed by atoms with Gasteiger partial charge in [0, 0.05) is 17.7 Å². The number of rotatable bonds is 8. The lowest BCUT2D eigenvalue weighted by atomic mass is 9.77. The highest BCUT2D eigenvalue weighted by Crippen LogP contribution is 2.53. The molecule has 0 spiro atoms. The molecule has 2 heterocycles. The van der Waals surface area contributed by atoms with Crippen LogP contribution in [0.15, 0.2) is 48.5 Å². The molecule has 0 unspecified atom stereocenters. The molecule has 4 rings (SSSR count). The molecule has 2 saturated heterocycles. The number of nitrogens with zero attached hydrogens (tertiary/aromatic N) is 1. The fraction of sp³-hybridized carbons (Fsp3) is 0.423. The SMILES string of the molecule is CCC[C@]1(C(=O)OCC)N[C@H](c2ccc(OC)cc2OC)[C@H]2C(=O)N(c3ccccc3)C(=O)[C@@H]21. The van der Waals surface area contributed by atoms with Crippen LogP contribution in [0.5, 0.6) is 11.5 Å². The predicted octanol–water partition coefficient (Wildman–Crippen LogP) is 3.26. The van der Waals surface area contributed by atoms with E-state index in [1.54, 1.807) is 50.4 Å². The van der Waals surface area contributed by atoms with Crippen molar-refractivity contribution in [3.05, 3.63) is 54.1 Å². The number of imide groups is 1. The first-order chi connectivity index (χ1) is 16.4. The van der Waals surface area contributed by atoms with E-state index in [9.17, 15) is 14.4 Å². The summed E-state index contributed by atoms with van der Waals surface area (Å²) < 4.78 is 16.4. The summed E-state index contributed by atoms with van der Waals surface area (Å²) in [7, 11) is 3.09. The average molecular weight is 467 g/mol. The van der Waals surface area contributed by atoms with E-state index >= 15 is 0 Å². The maximum atomic E-state index is 13.8.